The summed E-state index contributed by atoms with van der Waals surface area (Å²) in [7, 11) is 0. The second-order valence-corrected chi connectivity index (χ2v) is 6.42. The lowest BCUT2D eigenvalue weighted by Gasteiger charge is -2.15. The van der Waals surface area contributed by atoms with Crippen molar-refractivity contribution in [3.63, 3.8) is 0 Å². The number of hydrogen-bond donors (Lipinski definition) is 2. The summed E-state index contributed by atoms with van der Waals surface area (Å²) in [6, 6.07) is 5.81. The van der Waals surface area contributed by atoms with E-state index < -0.39 is 53.3 Å². The number of carbonyl (C=O) groups is 1. The van der Waals surface area contributed by atoms with E-state index in [-0.39, 0.29) is 17.3 Å². The Morgan fingerprint density at radius 2 is 1.84 bits per heavy atom. The monoisotopic (exact) mass is 442 g/mol. The number of rotatable bonds is 6. The highest BCUT2D eigenvalue weighted by molar-refractivity contribution is 5.93. The summed E-state index contributed by atoms with van der Waals surface area (Å²) in [6.45, 7) is 0.747. The zero-order valence-corrected chi connectivity index (χ0v) is 15.8. The molecule has 0 aliphatic carbocycles. The van der Waals surface area contributed by atoms with Gasteiger partial charge in [0.15, 0.2) is 17.7 Å². The topological polar surface area (TPSA) is 98.6 Å². The molecule has 2 aromatic carbocycles. The Hall–Kier alpha value is -3.47. The molecule has 0 aliphatic heterocycles. The summed E-state index contributed by atoms with van der Waals surface area (Å²) in [6.07, 6.45) is -5.86. The first-order chi connectivity index (χ1) is 14.5. The molecule has 3 aromatic rings. The highest BCUT2D eigenvalue weighted by Gasteiger charge is 2.30. The van der Waals surface area contributed by atoms with Crippen molar-refractivity contribution in [3.05, 3.63) is 70.8 Å². The Morgan fingerprint density at radius 3 is 2.39 bits per heavy atom. The standard InChI is InChI=1S/C20H15F5N2O4/c1-9-17(10-2-4-11(5-3-10)20(23,24)25)27-19(30-9)14(8-28)31-13-7-6-12(21)15(16(13)22)18(26)29/h2-7,14,28H,8H2,1H3,(H2,26,29)/t14-/m1/s1. The quantitative estimate of drug-likeness (QED) is 0.559. The zero-order valence-electron chi connectivity index (χ0n) is 15.8. The Labute approximate surface area is 172 Å². The average molecular weight is 442 g/mol. The largest absolute Gasteiger partial charge is 0.475 e. The number of carbonyl (C=O) groups excluding carboxylic acids is 1. The molecule has 1 heterocycles. The third-order valence-electron chi connectivity index (χ3n) is 4.31. The van der Waals surface area contributed by atoms with Gasteiger partial charge >= 0.3 is 6.18 Å². The number of hydrogen-bond acceptors (Lipinski definition) is 5. The van der Waals surface area contributed by atoms with Crippen LogP contribution in [0.15, 0.2) is 40.8 Å². The van der Waals surface area contributed by atoms with E-state index in [1.807, 2.05) is 0 Å². The van der Waals surface area contributed by atoms with E-state index in [0.29, 0.717) is 5.56 Å². The van der Waals surface area contributed by atoms with E-state index in [1.165, 1.54) is 19.1 Å². The van der Waals surface area contributed by atoms with Crippen molar-refractivity contribution in [1.29, 1.82) is 0 Å². The number of alkyl halides is 3. The summed E-state index contributed by atoms with van der Waals surface area (Å²) < 4.78 is 76.9. The predicted molar refractivity (Wildman–Crippen MR) is 97.0 cm³/mol. The van der Waals surface area contributed by atoms with Gasteiger partial charge in [-0.15, -0.1) is 0 Å². The maximum absolute atomic E-state index is 14.4. The molecule has 3 N–H and O–H groups in total. The minimum absolute atomic E-state index is 0.183. The number of aliphatic hydroxyl groups excluding tert-OH is 1. The van der Waals surface area contributed by atoms with Crippen LogP contribution < -0.4 is 10.5 Å². The molecule has 11 heteroatoms. The Morgan fingerprint density at radius 1 is 1.19 bits per heavy atom. The SMILES string of the molecule is Cc1oc([C@@H](CO)Oc2ccc(F)c(C(N)=O)c2F)nc1-c1ccc(C(F)(F)F)cc1. The van der Waals surface area contributed by atoms with E-state index in [4.69, 9.17) is 14.9 Å². The first-order valence-electron chi connectivity index (χ1n) is 8.73. The molecule has 1 amide bonds. The first-order valence-corrected chi connectivity index (χ1v) is 8.73. The van der Waals surface area contributed by atoms with Gasteiger partial charge in [-0.25, -0.2) is 13.8 Å². The number of nitrogens with zero attached hydrogens (tertiary/aromatic N) is 1. The second kappa shape index (κ2) is 8.34. The van der Waals surface area contributed by atoms with Crippen LogP contribution in [0, 0.1) is 18.6 Å². The van der Waals surface area contributed by atoms with Crippen molar-refractivity contribution in [3.8, 4) is 17.0 Å². The minimum Gasteiger partial charge on any atom is -0.475 e. The van der Waals surface area contributed by atoms with Gasteiger partial charge in [0, 0.05) is 5.56 Å². The fourth-order valence-electron chi connectivity index (χ4n) is 2.81. The van der Waals surface area contributed by atoms with Crippen molar-refractivity contribution < 1.29 is 41.0 Å². The molecule has 0 bridgehead atoms. The van der Waals surface area contributed by atoms with Crippen LogP contribution in [0.25, 0.3) is 11.3 Å². The van der Waals surface area contributed by atoms with Gasteiger partial charge in [0.1, 0.15) is 22.8 Å². The summed E-state index contributed by atoms with van der Waals surface area (Å²) >= 11 is 0. The van der Waals surface area contributed by atoms with Crippen molar-refractivity contribution in [2.75, 3.05) is 6.61 Å². The first kappa shape index (κ1) is 22.2. The average Bonchev–Trinajstić information content (AvgIpc) is 3.08. The maximum atomic E-state index is 14.4. The number of amides is 1. The second-order valence-electron chi connectivity index (χ2n) is 6.42. The molecule has 3 rings (SSSR count). The summed E-state index contributed by atoms with van der Waals surface area (Å²) in [5.74, 6) is -4.49. The van der Waals surface area contributed by atoms with Gasteiger partial charge in [-0.2, -0.15) is 13.2 Å². The molecule has 1 atom stereocenters. The van der Waals surface area contributed by atoms with Gasteiger partial charge < -0.3 is 20.0 Å². The normalized spacial score (nSPS) is 12.6. The number of nitrogens with two attached hydrogens (primary N) is 1. The van der Waals surface area contributed by atoms with Crippen molar-refractivity contribution >= 4 is 5.91 Å². The Balaban J connectivity index is 1.91. The van der Waals surface area contributed by atoms with Gasteiger partial charge in [0.05, 0.1) is 12.2 Å². The predicted octanol–water partition coefficient (Wildman–Crippen LogP) is 4.16. The molecule has 0 radical (unpaired) electrons. The van der Waals surface area contributed by atoms with Crippen molar-refractivity contribution in [2.45, 2.75) is 19.2 Å². The molecule has 0 saturated carbocycles. The lowest BCUT2D eigenvalue weighted by atomic mass is 10.1. The molecule has 0 fully saturated rings. The van der Waals surface area contributed by atoms with Crippen molar-refractivity contribution in [2.24, 2.45) is 5.73 Å². The summed E-state index contributed by atoms with van der Waals surface area (Å²) in [5.41, 5.74) is 3.60. The van der Waals surface area contributed by atoms with Crippen LogP contribution in [0.3, 0.4) is 0 Å². The van der Waals surface area contributed by atoms with E-state index in [1.54, 1.807) is 0 Å². The molecule has 0 spiro atoms. The van der Waals surface area contributed by atoms with E-state index in [2.05, 4.69) is 4.98 Å². The molecule has 164 valence electrons. The number of aromatic nitrogens is 1. The summed E-state index contributed by atoms with van der Waals surface area (Å²) in [5, 5.41) is 9.62. The molecule has 0 unspecified atom stereocenters. The number of primary amides is 1. The maximum Gasteiger partial charge on any atom is 0.416 e. The number of aliphatic hydroxyl groups is 1. The third-order valence-corrected chi connectivity index (χ3v) is 4.31. The minimum atomic E-state index is -4.50. The fraction of sp³-hybridized carbons (Fsp3) is 0.200. The highest BCUT2D eigenvalue weighted by Crippen LogP contribution is 2.33. The fourth-order valence-corrected chi connectivity index (χ4v) is 2.81. The molecular formula is C20H15F5N2O4. The van der Waals surface area contributed by atoms with E-state index >= 15 is 0 Å². The number of ether oxygens (including phenoxy) is 1. The van der Waals surface area contributed by atoms with Gasteiger partial charge in [-0.05, 0) is 31.2 Å². The van der Waals surface area contributed by atoms with Gasteiger partial charge in [0.2, 0.25) is 5.89 Å². The van der Waals surface area contributed by atoms with Crippen LogP contribution in [0.2, 0.25) is 0 Å². The number of benzene rings is 2. The van der Waals surface area contributed by atoms with Gasteiger partial charge in [-0.1, -0.05) is 12.1 Å². The lowest BCUT2D eigenvalue weighted by molar-refractivity contribution is -0.137. The molecule has 6 nitrogen and oxygen atoms in total. The molecular weight excluding hydrogens is 427 g/mol. The van der Waals surface area contributed by atoms with Crippen LogP contribution in [0.1, 0.15) is 33.7 Å². The van der Waals surface area contributed by atoms with E-state index in [0.717, 1.165) is 24.3 Å². The molecule has 1 aromatic heterocycles. The number of oxazole rings is 1. The van der Waals surface area contributed by atoms with E-state index in [9.17, 15) is 31.9 Å². The highest BCUT2D eigenvalue weighted by atomic mass is 19.4. The molecule has 0 saturated heterocycles. The third kappa shape index (κ3) is 4.50. The number of aryl methyl sites for hydroxylation is 1. The van der Waals surface area contributed by atoms with Crippen LogP contribution >= 0.6 is 0 Å². The summed E-state index contributed by atoms with van der Waals surface area (Å²) in [4.78, 5) is 15.4. The van der Waals surface area contributed by atoms with Crippen LogP contribution in [-0.2, 0) is 6.18 Å². The zero-order chi connectivity index (χ0) is 22.9. The van der Waals surface area contributed by atoms with Crippen LogP contribution in [0.4, 0.5) is 22.0 Å². The lowest BCUT2D eigenvalue weighted by Crippen LogP contribution is -2.18. The van der Waals surface area contributed by atoms with Crippen LogP contribution in [0.5, 0.6) is 5.75 Å². The van der Waals surface area contributed by atoms with Gasteiger partial charge in [-0.3, -0.25) is 4.79 Å². The molecule has 31 heavy (non-hydrogen) atoms. The Kier molecular flexibility index (Phi) is 5.98. The van der Waals surface area contributed by atoms with Crippen molar-refractivity contribution in [1.82, 2.24) is 4.98 Å². The molecule has 0 aliphatic rings. The Bertz CT molecular complexity index is 1110. The smallest absolute Gasteiger partial charge is 0.416 e. The van der Waals surface area contributed by atoms with Gasteiger partial charge in [0.25, 0.3) is 5.91 Å². The van der Waals surface area contributed by atoms with Crippen LogP contribution in [-0.4, -0.2) is 22.6 Å². The number of halogens is 5.